The minimum absolute atomic E-state index is 0.105. The van der Waals surface area contributed by atoms with Crippen LogP contribution in [0.3, 0.4) is 0 Å². The zero-order valence-corrected chi connectivity index (χ0v) is 10.2. The highest BCUT2D eigenvalue weighted by molar-refractivity contribution is 5.98. The quantitative estimate of drug-likeness (QED) is 0.819. The Labute approximate surface area is 106 Å². The summed E-state index contributed by atoms with van der Waals surface area (Å²) in [6, 6.07) is 8.23. The number of carbonyl (C=O) groups is 1. The molecule has 1 heterocycles. The highest BCUT2D eigenvalue weighted by Gasteiger charge is 2.32. The van der Waals surface area contributed by atoms with E-state index < -0.39 is 0 Å². The number of nitrogens with zero attached hydrogens (tertiary/aromatic N) is 1. The van der Waals surface area contributed by atoms with Gasteiger partial charge in [0, 0.05) is 29.9 Å². The van der Waals surface area contributed by atoms with Gasteiger partial charge in [0.1, 0.15) is 0 Å². The number of rotatable bonds is 4. The lowest BCUT2D eigenvalue weighted by atomic mass is 10.1. The minimum atomic E-state index is 0.105. The topological polar surface area (TPSA) is 36.1 Å². The first-order valence-electron chi connectivity index (χ1n) is 6.28. The molecule has 0 radical (unpaired) electrons. The van der Waals surface area contributed by atoms with Crippen molar-refractivity contribution in [3.63, 3.8) is 0 Å². The number of carbonyl (C=O) groups excluding carboxylic acids is 1. The maximum atomic E-state index is 12.4. The summed E-state index contributed by atoms with van der Waals surface area (Å²) in [7, 11) is 0. The van der Waals surface area contributed by atoms with Gasteiger partial charge in [0.2, 0.25) is 0 Å². The van der Waals surface area contributed by atoms with Gasteiger partial charge in [-0.05, 0) is 36.4 Å². The second-order valence-corrected chi connectivity index (χ2v) is 4.76. The zero-order valence-electron chi connectivity index (χ0n) is 10.2. The van der Waals surface area contributed by atoms with E-state index in [0.29, 0.717) is 12.6 Å². The fourth-order valence-electron chi connectivity index (χ4n) is 2.27. The summed E-state index contributed by atoms with van der Waals surface area (Å²) >= 11 is 0. The fourth-order valence-corrected chi connectivity index (χ4v) is 2.27. The number of nitrogens with one attached hydrogen (secondary N) is 1. The molecule has 1 aromatic carbocycles. The van der Waals surface area contributed by atoms with E-state index in [1.54, 1.807) is 6.08 Å². The van der Waals surface area contributed by atoms with Crippen LogP contribution >= 0.6 is 0 Å². The molecule has 1 saturated carbocycles. The van der Waals surface area contributed by atoms with Crippen LogP contribution in [0.25, 0.3) is 10.9 Å². The molecule has 0 spiro atoms. The van der Waals surface area contributed by atoms with Gasteiger partial charge in [-0.25, -0.2) is 0 Å². The van der Waals surface area contributed by atoms with Crippen LogP contribution in [0.2, 0.25) is 0 Å². The SMILES string of the molecule is C=CCN(C(=O)c1ccc2cc[nH]c2c1)C1CC1. The molecule has 1 amide bonds. The summed E-state index contributed by atoms with van der Waals surface area (Å²) < 4.78 is 0. The average Bonchev–Trinajstić information content (AvgIpc) is 3.12. The lowest BCUT2D eigenvalue weighted by molar-refractivity contribution is 0.0763. The third kappa shape index (κ3) is 1.92. The van der Waals surface area contributed by atoms with Crippen LogP contribution in [0, 0.1) is 0 Å². The lowest BCUT2D eigenvalue weighted by Gasteiger charge is -2.20. The Bertz CT molecular complexity index is 595. The van der Waals surface area contributed by atoms with E-state index in [1.165, 1.54) is 0 Å². The number of H-pyrrole nitrogens is 1. The van der Waals surface area contributed by atoms with Gasteiger partial charge in [0.15, 0.2) is 0 Å². The first-order valence-corrected chi connectivity index (χ1v) is 6.28. The highest BCUT2D eigenvalue weighted by atomic mass is 16.2. The number of fused-ring (bicyclic) bond motifs is 1. The number of aromatic nitrogens is 1. The molecule has 2 aromatic rings. The molecule has 0 bridgehead atoms. The Morgan fingerprint density at radius 1 is 1.44 bits per heavy atom. The lowest BCUT2D eigenvalue weighted by Crippen LogP contribution is -2.33. The number of amides is 1. The van der Waals surface area contributed by atoms with E-state index in [0.717, 1.165) is 29.3 Å². The van der Waals surface area contributed by atoms with Gasteiger partial charge in [0.05, 0.1) is 0 Å². The molecule has 3 heteroatoms. The third-order valence-electron chi connectivity index (χ3n) is 3.38. The van der Waals surface area contributed by atoms with E-state index in [1.807, 2.05) is 35.4 Å². The molecule has 0 saturated heterocycles. The maximum absolute atomic E-state index is 12.4. The van der Waals surface area contributed by atoms with Gasteiger partial charge in [0.25, 0.3) is 5.91 Å². The van der Waals surface area contributed by atoms with Crippen LogP contribution in [0.15, 0.2) is 43.1 Å². The van der Waals surface area contributed by atoms with Gasteiger partial charge in [-0.1, -0.05) is 12.1 Å². The average molecular weight is 240 g/mol. The van der Waals surface area contributed by atoms with Crippen molar-refractivity contribution in [2.24, 2.45) is 0 Å². The maximum Gasteiger partial charge on any atom is 0.254 e. The number of hydrogen-bond donors (Lipinski definition) is 1. The molecule has 3 rings (SSSR count). The van der Waals surface area contributed by atoms with Crippen LogP contribution in [0.1, 0.15) is 23.2 Å². The zero-order chi connectivity index (χ0) is 12.5. The predicted octanol–water partition coefficient (Wildman–Crippen LogP) is 2.96. The van der Waals surface area contributed by atoms with Crippen molar-refractivity contribution < 1.29 is 4.79 Å². The normalized spacial score (nSPS) is 14.7. The molecule has 1 fully saturated rings. The van der Waals surface area contributed by atoms with Gasteiger partial charge < -0.3 is 9.88 Å². The van der Waals surface area contributed by atoms with Crippen molar-refractivity contribution in [2.45, 2.75) is 18.9 Å². The van der Waals surface area contributed by atoms with Crippen LogP contribution < -0.4 is 0 Å². The number of hydrogen-bond acceptors (Lipinski definition) is 1. The summed E-state index contributed by atoms with van der Waals surface area (Å²) in [5, 5.41) is 1.13. The van der Waals surface area contributed by atoms with E-state index in [-0.39, 0.29) is 5.91 Å². The van der Waals surface area contributed by atoms with Crippen molar-refractivity contribution in [3.8, 4) is 0 Å². The van der Waals surface area contributed by atoms with E-state index in [2.05, 4.69) is 11.6 Å². The second kappa shape index (κ2) is 4.33. The smallest absolute Gasteiger partial charge is 0.254 e. The molecule has 3 nitrogen and oxygen atoms in total. The van der Waals surface area contributed by atoms with Crippen LogP contribution in [-0.2, 0) is 0 Å². The summed E-state index contributed by atoms with van der Waals surface area (Å²) in [6.07, 6.45) is 5.92. The summed E-state index contributed by atoms with van der Waals surface area (Å²) in [4.78, 5) is 17.5. The van der Waals surface area contributed by atoms with E-state index >= 15 is 0 Å². The number of aromatic amines is 1. The van der Waals surface area contributed by atoms with Gasteiger partial charge >= 0.3 is 0 Å². The standard InChI is InChI=1S/C15H16N2O/c1-2-9-17(13-5-6-13)15(18)12-4-3-11-7-8-16-14(11)10-12/h2-4,7-8,10,13,16H,1,5-6,9H2. The second-order valence-electron chi connectivity index (χ2n) is 4.76. The fraction of sp³-hybridized carbons (Fsp3) is 0.267. The Morgan fingerprint density at radius 2 is 2.28 bits per heavy atom. The van der Waals surface area contributed by atoms with Crippen LogP contribution in [-0.4, -0.2) is 28.4 Å². The van der Waals surface area contributed by atoms with Crippen molar-refractivity contribution in [2.75, 3.05) is 6.54 Å². The Hall–Kier alpha value is -2.03. The van der Waals surface area contributed by atoms with Crippen LogP contribution in [0.5, 0.6) is 0 Å². The van der Waals surface area contributed by atoms with Gasteiger partial charge in [-0.15, -0.1) is 6.58 Å². The van der Waals surface area contributed by atoms with E-state index in [9.17, 15) is 4.79 Å². The third-order valence-corrected chi connectivity index (χ3v) is 3.38. The summed E-state index contributed by atoms with van der Waals surface area (Å²) in [5.74, 6) is 0.105. The first kappa shape index (κ1) is 11.1. The molecule has 92 valence electrons. The van der Waals surface area contributed by atoms with Crippen LogP contribution in [0.4, 0.5) is 0 Å². The molecule has 1 aromatic heterocycles. The Morgan fingerprint density at radius 3 is 3.00 bits per heavy atom. The molecule has 18 heavy (non-hydrogen) atoms. The van der Waals surface area contributed by atoms with Crippen molar-refractivity contribution >= 4 is 16.8 Å². The predicted molar refractivity (Wildman–Crippen MR) is 72.6 cm³/mol. The Balaban J connectivity index is 1.91. The molecular weight excluding hydrogens is 224 g/mol. The van der Waals surface area contributed by atoms with Gasteiger partial charge in [-0.3, -0.25) is 4.79 Å². The summed E-state index contributed by atoms with van der Waals surface area (Å²) in [5.41, 5.74) is 1.76. The molecular formula is C15H16N2O. The largest absolute Gasteiger partial charge is 0.361 e. The molecule has 0 aliphatic heterocycles. The monoisotopic (exact) mass is 240 g/mol. The summed E-state index contributed by atoms with van der Waals surface area (Å²) in [6.45, 7) is 4.36. The van der Waals surface area contributed by atoms with E-state index in [4.69, 9.17) is 0 Å². The minimum Gasteiger partial charge on any atom is -0.361 e. The highest BCUT2D eigenvalue weighted by Crippen LogP contribution is 2.28. The van der Waals surface area contributed by atoms with Crippen molar-refractivity contribution in [1.29, 1.82) is 0 Å². The van der Waals surface area contributed by atoms with Crippen molar-refractivity contribution in [1.82, 2.24) is 9.88 Å². The molecule has 0 unspecified atom stereocenters. The number of benzene rings is 1. The molecule has 0 atom stereocenters. The molecule has 1 N–H and O–H groups in total. The van der Waals surface area contributed by atoms with Crippen molar-refractivity contribution in [3.05, 3.63) is 48.7 Å². The molecule has 1 aliphatic carbocycles. The molecule has 1 aliphatic rings. The Kier molecular flexibility index (Phi) is 2.67. The first-order chi connectivity index (χ1) is 8.79. The van der Waals surface area contributed by atoms with Gasteiger partial charge in [-0.2, -0.15) is 0 Å².